The number of urea groups is 1. The SMILES string of the molecule is COCCN(CC(=O)N1N=C(c2cccc(OC)c2)CC1c1ccc(OC)cc1)C(=O)NC(C)C. The smallest absolute Gasteiger partial charge is 0.318 e. The van der Waals surface area contributed by atoms with Crippen molar-refractivity contribution in [1.29, 1.82) is 0 Å². The van der Waals surface area contributed by atoms with Crippen molar-refractivity contribution in [3.05, 3.63) is 59.7 Å². The Morgan fingerprint density at radius 1 is 1.09 bits per heavy atom. The van der Waals surface area contributed by atoms with Gasteiger partial charge in [0.05, 0.1) is 32.6 Å². The molecule has 0 radical (unpaired) electrons. The van der Waals surface area contributed by atoms with Crippen molar-refractivity contribution < 1.29 is 23.8 Å². The van der Waals surface area contributed by atoms with Crippen LogP contribution in [0.1, 0.15) is 37.4 Å². The maximum absolute atomic E-state index is 13.5. The number of ether oxygens (including phenoxy) is 3. The van der Waals surface area contributed by atoms with E-state index in [0.29, 0.717) is 18.8 Å². The predicted octanol–water partition coefficient (Wildman–Crippen LogP) is 3.45. The van der Waals surface area contributed by atoms with Crippen LogP contribution in [0.2, 0.25) is 0 Å². The summed E-state index contributed by atoms with van der Waals surface area (Å²) in [5.41, 5.74) is 2.58. The van der Waals surface area contributed by atoms with Gasteiger partial charge < -0.3 is 24.4 Å². The molecule has 1 aliphatic heterocycles. The van der Waals surface area contributed by atoms with Gasteiger partial charge in [-0.3, -0.25) is 4.79 Å². The van der Waals surface area contributed by atoms with Gasteiger partial charge >= 0.3 is 6.03 Å². The Balaban J connectivity index is 1.90. The summed E-state index contributed by atoms with van der Waals surface area (Å²) in [6.45, 7) is 4.23. The van der Waals surface area contributed by atoms with Crippen LogP contribution in [0.25, 0.3) is 0 Å². The minimum atomic E-state index is -0.317. The third kappa shape index (κ3) is 6.73. The topological polar surface area (TPSA) is 92.7 Å². The van der Waals surface area contributed by atoms with Crippen molar-refractivity contribution in [2.45, 2.75) is 32.4 Å². The molecule has 2 aromatic rings. The van der Waals surface area contributed by atoms with Gasteiger partial charge in [-0.2, -0.15) is 5.10 Å². The van der Waals surface area contributed by atoms with E-state index in [0.717, 1.165) is 22.6 Å². The highest BCUT2D eigenvalue weighted by Gasteiger charge is 2.34. The fraction of sp³-hybridized carbons (Fsp3) is 0.423. The van der Waals surface area contributed by atoms with Crippen LogP contribution in [0.4, 0.5) is 4.79 Å². The normalized spacial score (nSPS) is 15.1. The molecular weight excluding hydrogens is 448 g/mol. The molecule has 0 fully saturated rings. The summed E-state index contributed by atoms with van der Waals surface area (Å²) in [5.74, 6) is 1.17. The maximum atomic E-state index is 13.5. The molecule has 0 aliphatic carbocycles. The van der Waals surface area contributed by atoms with Gasteiger partial charge in [-0.25, -0.2) is 9.80 Å². The van der Waals surface area contributed by atoms with E-state index in [-0.39, 0.29) is 37.1 Å². The number of hydrogen-bond donors (Lipinski definition) is 1. The monoisotopic (exact) mass is 482 g/mol. The van der Waals surface area contributed by atoms with Crippen molar-refractivity contribution in [1.82, 2.24) is 15.2 Å². The number of carbonyl (C=O) groups excluding carboxylic acids is 2. The molecule has 0 spiro atoms. The quantitative estimate of drug-likeness (QED) is 0.560. The number of carbonyl (C=O) groups is 2. The molecule has 0 aromatic heterocycles. The van der Waals surface area contributed by atoms with Crippen LogP contribution in [0.5, 0.6) is 11.5 Å². The largest absolute Gasteiger partial charge is 0.497 e. The summed E-state index contributed by atoms with van der Waals surface area (Å²) < 4.78 is 15.8. The first-order valence-electron chi connectivity index (χ1n) is 11.6. The lowest BCUT2D eigenvalue weighted by Crippen LogP contribution is -2.48. The summed E-state index contributed by atoms with van der Waals surface area (Å²) in [5, 5.41) is 9.04. The molecular formula is C26H34N4O5. The van der Waals surface area contributed by atoms with Crippen molar-refractivity contribution in [3.8, 4) is 11.5 Å². The zero-order valence-corrected chi connectivity index (χ0v) is 21.0. The van der Waals surface area contributed by atoms with E-state index in [2.05, 4.69) is 5.32 Å². The van der Waals surface area contributed by atoms with E-state index in [1.165, 1.54) is 9.91 Å². The highest BCUT2D eigenvalue weighted by Crippen LogP contribution is 2.34. The zero-order valence-electron chi connectivity index (χ0n) is 21.0. The number of amides is 3. The second-order valence-electron chi connectivity index (χ2n) is 8.53. The first kappa shape index (κ1) is 26.0. The van der Waals surface area contributed by atoms with E-state index < -0.39 is 0 Å². The number of hydrazone groups is 1. The van der Waals surface area contributed by atoms with E-state index >= 15 is 0 Å². The lowest BCUT2D eigenvalue weighted by Gasteiger charge is -2.27. The number of rotatable bonds is 10. The second kappa shape index (κ2) is 12.2. The van der Waals surface area contributed by atoms with Gasteiger partial charge in [0, 0.05) is 31.7 Å². The molecule has 9 heteroatoms. The Morgan fingerprint density at radius 2 is 1.80 bits per heavy atom. The molecule has 1 aliphatic rings. The van der Waals surface area contributed by atoms with Crippen molar-refractivity contribution >= 4 is 17.6 Å². The fourth-order valence-electron chi connectivity index (χ4n) is 3.83. The van der Waals surface area contributed by atoms with Crippen LogP contribution in [-0.4, -0.2) is 74.6 Å². The third-order valence-electron chi connectivity index (χ3n) is 5.66. The first-order chi connectivity index (χ1) is 16.9. The molecule has 1 atom stereocenters. The van der Waals surface area contributed by atoms with Gasteiger partial charge in [0.1, 0.15) is 18.0 Å². The Kier molecular flexibility index (Phi) is 9.08. The standard InChI is InChI=1S/C26H34N4O5/c1-18(2)27-26(32)29(13-14-33-3)17-25(31)30-24(19-9-11-21(34-4)12-10-19)16-23(28-30)20-7-6-8-22(15-20)35-5/h6-12,15,18,24H,13-14,16-17H2,1-5H3,(H,27,32). The minimum absolute atomic E-state index is 0.0563. The van der Waals surface area contributed by atoms with Crippen LogP contribution in [-0.2, 0) is 9.53 Å². The highest BCUT2D eigenvalue weighted by atomic mass is 16.5. The molecule has 35 heavy (non-hydrogen) atoms. The molecule has 0 bridgehead atoms. The molecule has 2 aromatic carbocycles. The number of methoxy groups -OCH3 is 3. The molecule has 188 valence electrons. The summed E-state index contributed by atoms with van der Waals surface area (Å²) in [7, 11) is 4.79. The summed E-state index contributed by atoms with van der Waals surface area (Å²) in [6.07, 6.45) is 0.529. The minimum Gasteiger partial charge on any atom is -0.497 e. The Hall–Kier alpha value is -3.59. The van der Waals surface area contributed by atoms with Gasteiger partial charge in [0.25, 0.3) is 5.91 Å². The second-order valence-corrected chi connectivity index (χ2v) is 8.53. The number of hydrogen-bond acceptors (Lipinski definition) is 6. The Bertz CT molecular complexity index is 1040. The van der Waals surface area contributed by atoms with Crippen molar-refractivity contribution in [3.63, 3.8) is 0 Å². The van der Waals surface area contributed by atoms with Crippen LogP contribution < -0.4 is 14.8 Å². The molecule has 0 saturated heterocycles. The number of benzene rings is 2. The van der Waals surface area contributed by atoms with Crippen molar-refractivity contribution in [2.24, 2.45) is 5.10 Å². The van der Waals surface area contributed by atoms with E-state index in [1.54, 1.807) is 21.3 Å². The average Bonchev–Trinajstić information content (AvgIpc) is 3.32. The molecule has 1 heterocycles. The van der Waals surface area contributed by atoms with Crippen LogP contribution >= 0.6 is 0 Å². The molecule has 1 N–H and O–H groups in total. The van der Waals surface area contributed by atoms with Crippen LogP contribution in [0.15, 0.2) is 53.6 Å². The molecule has 9 nitrogen and oxygen atoms in total. The lowest BCUT2D eigenvalue weighted by molar-refractivity contribution is -0.133. The van der Waals surface area contributed by atoms with E-state index in [4.69, 9.17) is 19.3 Å². The third-order valence-corrected chi connectivity index (χ3v) is 5.66. The van der Waals surface area contributed by atoms with Gasteiger partial charge in [0.2, 0.25) is 0 Å². The summed E-state index contributed by atoms with van der Waals surface area (Å²) in [4.78, 5) is 27.7. The van der Waals surface area contributed by atoms with Gasteiger partial charge in [-0.1, -0.05) is 24.3 Å². The first-order valence-corrected chi connectivity index (χ1v) is 11.6. The number of nitrogens with zero attached hydrogens (tertiary/aromatic N) is 3. The maximum Gasteiger partial charge on any atom is 0.318 e. The zero-order chi connectivity index (χ0) is 25.4. The van der Waals surface area contributed by atoms with Crippen LogP contribution in [0.3, 0.4) is 0 Å². The van der Waals surface area contributed by atoms with Crippen LogP contribution in [0, 0.1) is 0 Å². The average molecular weight is 483 g/mol. The highest BCUT2D eigenvalue weighted by molar-refractivity contribution is 6.03. The lowest BCUT2D eigenvalue weighted by atomic mass is 9.98. The fourth-order valence-corrected chi connectivity index (χ4v) is 3.83. The predicted molar refractivity (Wildman–Crippen MR) is 134 cm³/mol. The number of nitrogens with one attached hydrogen (secondary N) is 1. The van der Waals surface area contributed by atoms with Crippen molar-refractivity contribution in [2.75, 3.05) is 41.0 Å². The summed E-state index contributed by atoms with van der Waals surface area (Å²) >= 11 is 0. The summed E-state index contributed by atoms with van der Waals surface area (Å²) in [6, 6.07) is 14.5. The molecule has 3 rings (SSSR count). The van der Waals surface area contributed by atoms with E-state index in [9.17, 15) is 9.59 Å². The molecule has 1 unspecified atom stereocenters. The van der Waals surface area contributed by atoms with Gasteiger partial charge in [-0.15, -0.1) is 0 Å². The van der Waals surface area contributed by atoms with Gasteiger partial charge in [0.15, 0.2) is 0 Å². The Morgan fingerprint density at radius 3 is 2.43 bits per heavy atom. The van der Waals surface area contributed by atoms with Gasteiger partial charge in [-0.05, 0) is 43.7 Å². The Labute approximate surface area is 206 Å². The molecule has 0 saturated carbocycles. The van der Waals surface area contributed by atoms with E-state index in [1.807, 2.05) is 62.4 Å². The molecule has 3 amide bonds.